The number of ether oxygens (including phenoxy) is 3. The van der Waals surface area contributed by atoms with E-state index in [4.69, 9.17) is 4.74 Å². The van der Waals surface area contributed by atoms with Gasteiger partial charge in [0.05, 0.1) is 26.4 Å². The Bertz CT molecular complexity index is 663. The first-order valence-corrected chi connectivity index (χ1v) is 6.61. The topological polar surface area (TPSA) is 65.1 Å². The van der Waals surface area contributed by atoms with Crippen molar-refractivity contribution in [1.82, 2.24) is 0 Å². The van der Waals surface area contributed by atoms with E-state index >= 15 is 0 Å². The second-order valence-corrected chi connectivity index (χ2v) is 4.79. The summed E-state index contributed by atoms with van der Waals surface area (Å²) in [5.74, 6) is -3.55. The molecule has 0 saturated carbocycles. The number of benzene rings is 1. The molecule has 0 N–H and O–H groups in total. The van der Waals surface area contributed by atoms with E-state index in [1.54, 1.807) is 0 Å². The maximum Gasteiger partial charge on any atom is 0.355 e. The summed E-state index contributed by atoms with van der Waals surface area (Å²) in [7, 11) is 2.22. The first kappa shape index (κ1) is 16.9. The summed E-state index contributed by atoms with van der Waals surface area (Å²) >= 11 is 0. The third kappa shape index (κ3) is 3.16. The fourth-order valence-corrected chi connectivity index (χ4v) is 2.27. The monoisotopic (exact) mass is 327 g/mol. The van der Waals surface area contributed by atoms with E-state index in [0.29, 0.717) is 5.56 Å². The number of hydrogen-bond acceptors (Lipinski definition) is 6. The van der Waals surface area contributed by atoms with E-state index in [0.717, 1.165) is 31.3 Å². The minimum atomic E-state index is -0.923. The van der Waals surface area contributed by atoms with Crippen LogP contribution in [0.2, 0.25) is 0 Å². The number of halogens is 2. The largest absolute Gasteiger partial charge is 0.466 e. The molecule has 0 radical (unpaired) electrons. The van der Waals surface area contributed by atoms with Gasteiger partial charge in [0, 0.05) is 0 Å². The van der Waals surface area contributed by atoms with E-state index in [1.165, 1.54) is 6.92 Å². The highest BCUT2D eigenvalue weighted by molar-refractivity contribution is 6.03. The molecule has 124 valence electrons. The lowest BCUT2D eigenvalue weighted by molar-refractivity contribution is -0.140. The van der Waals surface area contributed by atoms with Gasteiger partial charge >= 0.3 is 11.9 Å². The Labute approximate surface area is 131 Å². The van der Waals surface area contributed by atoms with E-state index in [9.17, 15) is 18.4 Å². The number of anilines is 1. The number of rotatable bonds is 3. The summed E-state index contributed by atoms with van der Waals surface area (Å²) in [6.45, 7) is 0.976. The quantitative estimate of drug-likeness (QED) is 0.787. The Hall–Kier alpha value is -2.48. The third-order valence-corrected chi connectivity index (χ3v) is 3.26. The number of aryl methyl sites for hydroxylation is 1. The molecule has 6 nitrogen and oxygen atoms in total. The predicted octanol–water partition coefficient (Wildman–Crippen LogP) is 1.67. The van der Waals surface area contributed by atoms with Gasteiger partial charge in [-0.3, -0.25) is 0 Å². The first-order valence-electron chi connectivity index (χ1n) is 6.61. The molecule has 0 aliphatic carbocycles. The Morgan fingerprint density at radius 2 is 1.70 bits per heavy atom. The summed E-state index contributed by atoms with van der Waals surface area (Å²) in [6.07, 6.45) is 0. The van der Waals surface area contributed by atoms with Crippen LogP contribution < -0.4 is 4.90 Å². The second kappa shape index (κ2) is 6.74. The van der Waals surface area contributed by atoms with Crippen molar-refractivity contribution in [3.8, 4) is 0 Å². The second-order valence-electron chi connectivity index (χ2n) is 4.79. The lowest BCUT2D eigenvalue weighted by atomic mass is 10.1. The molecule has 8 heteroatoms. The number of carbonyl (C=O) groups is 2. The molecule has 0 fully saturated rings. The van der Waals surface area contributed by atoms with Crippen molar-refractivity contribution < 1.29 is 32.6 Å². The van der Waals surface area contributed by atoms with Crippen LogP contribution in [0.3, 0.4) is 0 Å². The van der Waals surface area contributed by atoms with Crippen LogP contribution in [-0.2, 0) is 23.8 Å². The maximum atomic E-state index is 14.2. The molecule has 1 aromatic carbocycles. The zero-order chi connectivity index (χ0) is 17.1. The highest BCUT2D eigenvalue weighted by atomic mass is 19.1. The average Bonchev–Trinajstić information content (AvgIpc) is 2.52. The van der Waals surface area contributed by atoms with Crippen molar-refractivity contribution in [3.63, 3.8) is 0 Å². The summed E-state index contributed by atoms with van der Waals surface area (Å²) in [5, 5.41) is 0. The molecule has 1 heterocycles. The van der Waals surface area contributed by atoms with Gasteiger partial charge in [-0.05, 0) is 24.6 Å². The summed E-state index contributed by atoms with van der Waals surface area (Å²) in [6, 6.07) is 2.22. The minimum Gasteiger partial charge on any atom is -0.466 e. The van der Waals surface area contributed by atoms with Crippen LogP contribution in [0.5, 0.6) is 0 Å². The summed E-state index contributed by atoms with van der Waals surface area (Å²) in [4.78, 5) is 24.8. The van der Waals surface area contributed by atoms with Gasteiger partial charge in [0.25, 0.3) is 0 Å². The van der Waals surface area contributed by atoms with Crippen LogP contribution in [0, 0.1) is 18.6 Å². The molecule has 23 heavy (non-hydrogen) atoms. The van der Waals surface area contributed by atoms with Gasteiger partial charge in [-0.25, -0.2) is 18.4 Å². The molecule has 1 aromatic rings. The first-order chi connectivity index (χ1) is 10.9. The number of methoxy groups -OCH3 is 2. The summed E-state index contributed by atoms with van der Waals surface area (Å²) in [5.41, 5.74) is -0.618. The molecule has 0 amide bonds. The van der Waals surface area contributed by atoms with Crippen LogP contribution in [0.4, 0.5) is 14.5 Å². The SMILES string of the molecule is COC(=O)C1=C(C(=O)OC)N(c2c(F)cc(C)cc2F)COC1. The van der Waals surface area contributed by atoms with Gasteiger partial charge < -0.3 is 19.1 Å². The molecule has 1 aliphatic heterocycles. The molecule has 0 saturated heterocycles. The Kier molecular flexibility index (Phi) is 4.95. The molecular weight excluding hydrogens is 312 g/mol. The predicted molar refractivity (Wildman–Crippen MR) is 75.5 cm³/mol. The van der Waals surface area contributed by atoms with E-state index in [-0.39, 0.29) is 24.6 Å². The van der Waals surface area contributed by atoms with Crippen molar-refractivity contribution in [2.45, 2.75) is 6.92 Å². The molecule has 1 aliphatic rings. The van der Waals surface area contributed by atoms with Crippen molar-refractivity contribution in [1.29, 1.82) is 0 Å². The van der Waals surface area contributed by atoms with Gasteiger partial charge in [-0.2, -0.15) is 0 Å². The Morgan fingerprint density at radius 1 is 1.13 bits per heavy atom. The van der Waals surface area contributed by atoms with Gasteiger partial charge in [0.1, 0.15) is 29.7 Å². The number of hydrogen-bond donors (Lipinski definition) is 0. The molecule has 0 aromatic heterocycles. The maximum absolute atomic E-state index is 14.2. The molecule has 0 atom stereocenters. The standard InChI is InChI=1S/C15H15F2NO5/c1-8-4-10(16)13(11(17)5-8)18-7-23-6-9(14(19)21-2)12(18)15(20)22-3/h4-5H,6-7H2,1-3H3. The molecule has 0 bridgehead atoms. The molecule has 2 rings (SSSR count). The van der Waals surface area contributed by atoms with Crippen molar-refractivity contribution in [3.05, 3.63) is 40.6 Å². The van der Waals surface area contributed by atoms with E-state index < -0.39 is 29.3 Å². The van der Waals surface area contributed by atoms with Crippen molar-refractivity contribution >= 4 is 17.6 Å². The van der Waals surface area contributed by atoms with Crippen LogP contribution in [0.1, 0.15) is 5.56 Å². The van der Waals surface area contributed by atoms with Gasteiger partial charge in [0.15, 0.2) is 0 Å². The van der Waals surface area contributed by atoms with Crippen LogP contribution >= 0.6 is 0 Å². The number of nitrogens with zero attached hydrogens (tertiary/aromatic N) is 1. The minimum absolute atomic E-state index is 0.176. The fourth-order valence-electron chi connectivity index (χ4n) is 2.27. The van der Waals surface area contributed by atoms with Crippen molar-refractivity contribution in [2.75, 3.05) is 32.5 Å². The van der Waals surface area contributed by atoms with Crippen LogP contribution in [-0.4, -0.2) is 39.5 Å². The number of carbonyl (C=O) groups excluding carboxylic acids is 2. The highest BCUT2D eigenvalue weighted by Gasteiger charge is 2.34. The Morgan fingerprint density at radius 3 is 2.22 bits per heavy atom. The summed E-state index contributed by atoms with van der Waals surface area (Å²) < 4.78 is 42.8. The van der Waals surface area contributed by atoms with Crippen LogP contribution in [0.25, 0.3) is 0 Å². The Balaban J connectivity index is 2.65. The average molecular weight is 327 g/mol. The van der Waals surface area contributed by atoms with E-state index in [2.05, 4.69) is 9.47 Å². The smallest absolute Gasteiger partial charge is 0.355 e. The zero-order valence-electron chi connectivity index (χ0n) is 12.8. The molecule has 0 spiro atoms. The third-order valence-electron chi connectivity index (χ3n) is 3.26. The van der Waals surface area contributed by atoms with Gasteiger partial charge in [0.2, 0.25) is 0 Å². The zero-order valence-corrected chi connectivity index (χ0v) is 12.8. The van der Waals surface area contributed by atoms with Gasteiger partial charge in [-0.1, -0.05) is 0 Å². The van der Waals surface area contributed by atoms with Crippen LogP contribution in [0.15, 0.2) is 23.4 Å². The number of esters is 2. The molecule has 0 unspecified atom stereocenters. The van der Waals surface area contributed by atoms with Gasteiger partial charge in [-0.15, -0.1) is 0 Å². The molecular formula is C15H15F2NO5. The highest BCUT2D eigenvalue weighted by Crippen LogP contribution is 2.31. The normalized spacial score (nSPS) is 14.7. The van der Waals surface area contributed by atoms with E-state index in [1.807, 2.05) is 0 Å². The fraction of sp³-hybridized carbons (Fsp3) is 0.333. The van der Waals surface area contributed by atoms with Crippen molar-refractivity contribution in [2.24, 2.45) is 0 Å². The lowest BCUT2D eigenvalue weighted by Gasteiger charge is -2.31. The lowest BCUT2D eigenvalue weighted by Crippen LogP contribution is -2.39.